The molecule has 1 aromatic rings. The van der Waals surface area contributed by atoms with E-state index < -0.39 is 6.10 Å². The van der Waals surface area contributed by atoms with Gasteiger partial charge in [-0.3, -0.25) is 0 Å². The summed E-state index contributed by atoms with van der Waals surface area (Å²) in [5, 5.41) is 18.3. The molecule has 0 radical (unpaired) electrons. The van der Waals surface area contributed by atoms with Crippen LogP contribution >= 0.6 is 0 Å². The first-order valence-corrected chi connectivity index (χ1v) is 5.18. The van der Waals surface area contributed by atoms with Gasteiger partial charge in [0.05, 0.1) is 18.8 Å². The first-order chi connectivity index (χ1) is 7.09. The standard InChI is InChI=1S/C12H18O3/c1-9(13)7-8-15-12-5-3-11(4-6-12)10(2)14/h3-6,9-10,13-14H,7-8H2,1-2H3/t9?,10-/m1/s1. The maximum atomic E-state index is 9.29. The molecule has 2 N–H and O–H groups in total. The quantitative estimate of drug-likeness (QED) is 0.780. The van der Waals surface area contributed by atoms with Crippen LogP contribution in [0.1, 0.15) is 31.9 Å². The molecule has 15 heavy (non-hydrogen) atoms. The highest BCUT2D eigenvalue weighted by molar-refractivity contribution is 5.28. The third-order valence-electron chi connectivity index (χ3n) is 2.17. The fraction of sp³-hybridized carbons (Fsp3) is 0.500. The summed E-state index contributed by atoms with van der Waals surface area (Å²) in [6.45, 7) is 3.97. The lowest BCUT2D eigenvalue weighted by atomic mass is 10.1. The first kappa shape index (κ1) is 12.0. The van der Waals surface area contributed by atoms with Gasteiger partial charge in [0.2, 0.25) is 0 Å². The molecule has 0 bridgehead atoms. The Balaban J connectivity index is 2.43. The Morgan fingerprint density at radius 2 is 1.73 bits per heavy atom. The predicted octanol–water partition coefficient (Wildman–Crippen LogP) is 1.89. The van der Waals surface area contributed by atoms with E-state index in [9.17, 15) is 5.11 Å². The highest BCUT2D eigenvalue weighted by Crippen LogP contribution is 2.17. The summed E-state index contributed by atoms with van der Waals surface area (Å²) in [5.74, 6) is 0.764. The van der Waals surface area contributed by atoms with Gasteiger partial charge in [0.15, 0.2) is 0 Å². The van der Waals surface area contributed by atoms with Gasteiger partial charge >= 0.3 is 0 Å². The highest BCUT2D eigenvalue weighted by Gasteiger charge is 2.01. The molecular weight excluding hydrogens is 192 g/mol. The van der Waals surface area contributed by atoms with E-state index in [1.807, 2.05) is 24.3 Å². The molecule has 0 saturated carbocycles. The molecule has 0 saturated heterocycles. The van der Waals surface area contributed by atoms with E-state index in [0.717, 1.165) is 11.3 Å². The highest BCUT2D eigenvalue weighted by atomic mass is 16.5. The molecule has 0 aliphatic heterocycles. The lowest BCUT2D eigenvalue weighted by molar-refractivity contribution is 0.155. The number of benzene rings is 1. The van der Waals surface area contributed by atoms with E-state index in [1.54, 1.807) is 13.8 Å². The smallest absolute Gasteiger partial charge is 0.119 e. The molecule has 0 amide bonds. The van der Waals surface area contributed by atoms with Gasteiger partial charge in [0.25, 0.3) is 0 Å². The topological polar surface area (TPSA) is 49.7 Å². The van der Waals surface area contributed by atoms with Crippen molar-refractivity contribution in [3.05, 3.63) is 29.8 Å². The van der Waals surface area contributed by atoms with Crippen LogP contribution in [0, 0.1) is 0 Å². The number of ether oxygens (including phenoxy) is 1. The van der Waals surface area contributed by atoms with Crippen LogP contribution in [0.4, 0.5) is 0 Å². The summed E-state index contributed by atoms with van der Waals surface area (Å²) in [6, 6.07) is 7.32. The van der Waals surface area contributed by atoms with Crippen LogP contribution in [0.15, 0.2) is 24.3 Å². The summed E-state index contributed by atoms with van der Waals surface area (Å²) in [7, 11) is 0. The molecule has 1 aromatic carbocycles. The summed E-state index contributed by atoms with van der Waals surface area (Å²) in [6.07, 6.45) is -0.156. The zero-order valence-corrected chi connectivity index (χ0v) is 9.18. The number of hydrogen-bond donors (Lipinski definition) is 2. The van der Waals surface area contributed by atoms with E-state index in [4.69, 9.17) is 9.84 Å². The average Bonchev–Trinajstić information content (AvgIpc) is 2.18. The van der Waals surface area contributed by atoms with Crippen molar-refractivity contribution in [3.63, 3.8) is 0 Å². The first-order valence-electron chi connectivity index (χ1n) is 5.18. The van der Waals surface area contributed by atoms with E-state index in [1.165, 1.54) is 0 Å². The molecule has 0 aromatic heterocycles. The van der Waals surface area contributed by atoms with Crippen LogP contribution in [-0.2, 0) is 0 Å². The molecule has 3 heteroatoms. The van der Waals surface area contributed by atoms with Gasteiger partial charge in [-0.2, -0.15) is 0 Å². The lowest BCUT2D eigenvalue weighted by Crippen LogP contribution is -2.07. The SMILES string of the molecule is CC(O)CCOc1ccc([C@@H](C)O)cc1. The van der Waals surface area contributed by atoms with Crippen LogP contribution in [0.25, 0.3) is 0 Å². The Morgan fingerprint density at radius 1 is 1.13 bits per heavy atom. The molecule has 2 atom stereocenters. The third-order valence-corrected chi connectivity index (χ3v) is 2.17. The van der Waals surface area contributed by atoms with Gasteiger partial charge in [0, 0.05) is 6.42 Å². The molecule has 84 valence electrons. The zero-order valence-electron chi connectivity index (χ0n) is 9.18. The molecule has 0 spiro atoms. The van der Waals surface area contributed by atoms with Crippen molar-refractivity contribution in [3.8, 4) is 5.75 Å². The molecular formula is C12H18O3. The zero-order chi connectivity index (χ0) is 11.3. The maximum absolute atomic E-state index is 9.29. The average molecular weight is 210 g/mol. The van der Waals surface area contributed by atoms with E-state index in [-0.39, 0.29) is 6.10 Å². The van der Waals surface area contributed by atoms with Crippen LogP contribution in [0.3, 0.4) is 0 Å². The monoisotopic (exact) mass is 210 g/mol. The lowest BCUT2D eigenvalue weighted by Gasteiger charge is -2.09. The fourth-order valence-electron chi connectivity index (χ4n) is 1.19. The minimum Gasteiger partial charge on any atom is -0.493 e. The van der Waals surface area contributed by atoms with Crippen molar-refractivity contribution in [2.45, 2.75) is 32.5 Å². The summed E-state index contributed by atoms with van der Waals surface area (Å²) < 4.78 is 5.41. The minimum atomic E-state index is -0.448. The normalized spacial score (nSPS) is 14.7. The second kappa shape index (κ2) is 5.73. The molecule has 3 nitrogen and oxygen atoms in total. The van der Waals surface area contributed by atoms with Crippen LogP contribution in [0.2, 0.25) is 0 Å². The summed E-state index contributed by atoms with van der Waals surface area (Å²) in [4.78, 5) is 0. The predicted molar refractivity (Wildman–Crippen MR) is 58.9 cm³/mol. The number of rotatable bonds is 5. The summed E-state index contributed by atoms with van der Waals surface area (Å²) in [5.41, 5.74) is 0.873. The van der Waals surface area contributed by atoms with Gasteiger partial charge in [-0.15, -0.1) is 0 Å². The molecule has 0 aliphatic carbocycles. The van der Waals surface area contributed by atoms with Gasteiger partial charge in [-0.25, -0.2) is 0 Å². The molecule has 0 heterocycles. The van der Waals surface area contributed by atoms with Crippen LogP contribution < -0.4 is 4.74 Å². The summed E-state index contributed by atoms with van der Waals surface area (Å²) >= 11 is 0. The van der Waals surface area contributed by atoms with Crippen molar-refractivity contribution in [1.29, 1.82) is 0 Å². The molecule has 1 rings (SSSR count). The molecule has 0 fully saturated rings. The Morgan fingerprint density at radius 3 is 2.20 bits per heavy atom. The van der Waals surface area contributed by atoms with Crippen molar-refractivity contribution >= 4 is 0 Å². The second-order valence-electron chi connectivity index (χ2n) is 3.73. The van der Waals surface area contributed by atoms with E-state index >= 15 is 0 Å². The number of hydrogen-bond acceptors (Lipinski definition) is 3. The van der Waals surface area contributed by atoms with Crippen LogP contribution in [0.5, 0.6) is 5.75 Å². The Labute approximate surface area is 90.3 Å². The third kappa shape index (κ3) is 4.32. The number of aliphatic hydroxyl groups excluding tert-OH is 2. The largest absolute Gasteiger partial charge is 0.493 e. The van der Waals surface area contributed by atoms with Crippen molar-refractivity contribution in [2.24, 2.45) is 0 Å². The molecule has 0 aliphatic rings. The van der Waals surface area contributed by atoms with Crippen molar-refractivity contribution < 1.29 is 14.9 Å². The van der Waals surface area contributed by atoms with E-state index in [0.29, 0.717) is 13.0 Å². The Kier molecular flexibility index (Phi) is 4.59. The van der Waals surface area contributed by atoms with Crippen LogP contribution in [-0.4, -0.2) is 22.9 Å². The number of aliphatic hydroxyl groups is 2. The Hall–Kier alpha value is -1.06. The maximum Gasteiger partial charge on any atom is 0.119 e. The second-order valence-corrected chi connectivity index (χ2v) is 3.73. The fourth-order valence-corrected chi connectivity index (χ4v) is 1.19. The van der Waals surface area contributed by atoms with Crippen molar-refractivity contribution in [1.82, 2.24) is 0 Å². The van der Waals surface area contributed by atoms with Gasteiger partial charge in [-0.05, 0) is 31.5 Å². The van der Waals surface area contributed by atoms with Crippen molar-refractivity contribution in [2.75, 3.05) is 6.61 Å². The van der Waals surface area contributed by atoms with Gasteiger partial charge in [0.1, 0.15) is 5.75 Å². The minimum absolute atomic E-state index is 0.332. The Bertz CT molecular complexity index is 277. The molecule has 1 unspecified atom stereocenters. The van der Waals surface area contributed by atoms with Gasteiger partial charge in [-0.1, -0.05) is 12.1 Å². The van der Waals surface area contributed by atoms with E-state index in [2.05, 4.69) is 0 Å². The van der Waals surface area contributed by atoms with Gasteiger partial charge < -0.3 is 14.9 Å².